The predicted molar refractivity (Wildman–Crippen MR) is 194 cm³/mol. The molecule has 4 amide bonds. The van der Waals surface area contributed by atoms with Crippen LogP contribution >= 0.6 is 23.2 Å². The van der Waals surface area contributed by atoms with Crippen molar-refractivity contribution in [1.82, 2.24) is 0 Å². The third-order valence-electron chi connectivity index (χ3n) is 11.1. The Morgan fingerprint density at radius 3 is 2.15 bits per heavy atom. The fraction of sp³-hybridized carbons (Fsp3) is 0.268. The van der Waals surface area contributed by atoms with E-state index in [9.17, 15) is 28.7 Å². The van der Waals surface area contributed by atoms with Gasteiger partial charge in [0.2, 0.25) is 11.8 Å². The molecule has 2 aliphatic carbocycles. The van der Waals surface area contributed by atoms with Gasteiger partial charge in [0.25, 0.3) is 11.8 Å². The largest absolute Gasteiger partial charge is 0.508 e. The molecule has 0 bridgehead atoms. The molecule has 1 N–H and O–H groups in total. The molecule has 52 heavy (non-hydrogen) atoms. The van der Waals surface area contributed by atoms with Crippen molar-refractivity contribution in [2.24, 2.45) is 17.8 Å². The van der Waals surface area contributed by atoms with Crippen molar-refractivity contribution in [3.63, 3.8) is 0 Å². The maximum absolute atomic E-state index is 14.6. The molecule has 264 valence electrons. The van der Waals surface area contributed by atoms with E-state index < -0.39 is 57.0 Å². The van der Waals surface area contributed by atoms with Crippen LogP contribution in [0.1, 0.15) is 42.4 Å². The van der Waals surface area contributed by atoms with Crippen LogP contribution in [0.4, 0.5) is 15.8 Å². The minimum atomic E-state index is -2.18. The molecule has 0 aromatic heterocycles. The highest BCUT2D eigenvalue weighted by Crippen LogP contribution is 2.66. The van der Waals surface area contributed by atoms with E-state index in [4.69, 9.17) is 27.9 Å². The number of carbonyl (C=O) groups is 4. The zero-order valence-corrected chi connectivity index (χ0v) is 29.5. The lowest BCUT2D eigenvalue weighted by Crippen LogP contribution is -2.60. The van der Waals surface area contributed by atoms with Crippen LogP contribution in [0.15, 0.2) is 109 Å². The van der Waals surface area contributed by atoms with Crippen LogP contribution in [0.5, 0.6) is 11.5 Å². The van der Waals surface area contributed by atoms with Gasteiger partial charge in [0, 0.05) is 17.5 Å². The summed E-state index contributed by atoms with van der Waals surface area (Å²) in [6, 6.07) is 26.2. The quantitative estimate of drug-likeness (QED) is 0.120. The zero-order chi connectivity index (χ0) is 36.5. The zero-order valence-electron chi connectivity index (χ0n) is 28.0. The topological polar surface area (TPSA) is 104 Å². The number of nitrogens with zero attached hydrogens (tertiary/aromatic N) is 2. The smallest absolute Gasteiger partial charge is 0.258 e. The van der Waals surface area contributed by atoms with Gasteiger partial charge < -0.3 is 9.84 Å². The molecule has 11 heteroatoms. The van der Waals surface area contributed by atoms with Crippen molar-refractivity contribution in [3.8, 4) is 11.5 Å². The number of imide groups is 2. The fourth-order valence-corrected chi connectivity index (χ4v) is 9.40. The fourth-order valence-electron chi connectivity index (χ4n) is 8.48. The second-order valence-corrected chi connectivity index (χ2v) is 15.0. The monoisotopic (exact) mass is 738 g/mol. The molecule has 0 radical (unpaired) electrons. The van der Waals surface area contributed by atoms with Crippen molar-refractivity contribution in [3.05, 3.63) is 131 Å². The average molecular weight is 740 g/mol. The third kappa shape index (κ3) is 5.00. The number of phenolic OH excluding ortho intramolecular Hbond substituents is 1. The van der Waals surface area contributed by atoms with E-state index in [1.54, 1.807) is 24.3 Å². The van der Waals surface area contributed by atoms with Crippen molar-refractivity contribution < 1.29 is 33.4 Å². The summed E-state index contributed by atoms with van der Waals surface area (Å²) in [5.41, 5.74) is 3.22. The highest BCUT2D eigenvalue weighted by Gasteiger charge is 2.77. The molecule has 8 rings (SSSR count). The number of aromatic hydroxyl groups is 1. The van der Waals surface area contributed by atoms with Crippen LogP contribution in [-0.2, 0) is 32.2 Å². The lowest BCUT2D eigenvalue weighted by Gasteiger charge is -2.50. The maximum atomic E-state index is 14.6. The SMILES string of the molecule is CCc1ccc(N2C(=O)[C@H]3[C@H](CC=C4[C@H]3C[C@@]3(Cl)C(=O)N(c5ccc(F)cc5)C(=O)[C@@]3(Cl)[C@H]4c3ccc(OCc4ccccc4)cc3O)C2=O)cc1. The van der Waals surface area contributed by atoms with Gasteiger partial charge in [-0.2, -0.15) is 0 Å². The molecule has 0 spiro atoms. The van der Waals surface area contributed by atoms with Crippen molar-refractivity contribution in [2.45, 2.75) is 48.5 Å². The first-order chi connectivity index (χ1) is 25.0. The van der Waals surface area contributed by atoms with Gasteiger partial charge in [-0.1, -0.05) is 67.1 Å². The number of fused-ring (bicyclic) bond motifs is 4. The second kappa shape index (κ2) is 12.6. The molecule has 2 aliphatic heterocycles. The summed E-state index contributed by atoms with van der Waals surface area (Å²) < 4.78 is 19.9. The van der Waals surface area contributed by atoms with Gasteiger partial charge in [-0.25, -0.2) is 9.29 Å². The number of ether oxygens (including phenoxy) is 1. The number of anilines is 2. The van der Waals surface area contributed by atoms with E-state index in [-0.39, 0.29) is 42.4 Å². The first-order valence-electron chi connectivity index (χ1n) is 17.2. The number of benzene rings is 4. The molecule has 4 aromatic rings. The van der Waals surface area contributed by atoms with Crippen LogP contribution < -0.4 is 14.5 Å². The van der Waals surface area contributed by atoms with Gasteiger partial charge in [-0.3, -0.25) is 24.1 Å². The van der Waals surface area contributed by atoms with Crippen LogP contribution in [0.2, 0.25) is 0 Å². The minimum absolute atomic E-state index is 0.0714. The van der Waals surface area contributed by atoms with E-state index in [0.717, 1.165) is 34.6 Å². The summed E-state index contributed by atoms with van der Waals surface area (Å²) in [5.74, 6) is -6.59. The molecule has 1 saturated carbocycles. The van der Waals surface area contributed by atoms with Gasteiger partial charge in [-0.05, 0) is 78.8 Å². The summed E-state index contributed by atoms with van der Waals surface area (Å²) in [5, 5.41) is 11.6. The Balaban J connectivity index is 1.23. The summed E-state index contributed by atoms with van der Waals surface area (Å²) in [6.45, 7) is 2.24. The number of alkyl halides is 2. The number of hydrogen-bond donors (Lipinski definition) is 1. The number of phenols is 1. The number of amides is 4. The van der Waals surface area contributed by atoms with E-state index in [2.05, 4.69) is 0 Å². The number of allylic oxidation sites excluding steroid dienone is 2. The highest BCUT2D eigenvalue weighted by atomic mass is 35.5. The predicted octanol–water partition coefficient (Wildman–Crippen LogP) is 7.44. The van der Waals surface area contributed by atoms with Crippen LogP contribution in [0.25, 0.3) is 0 Å². The van der Waals surface area contributed by atoms with Crippen molar-refractivity contribution >= 4 is 58.2 Å². The van der Waals surface area contributed by atoms with Gasteiger partial charge in [-0.15, -0.1) is 23.2 Å². The molecular formula is C41H33Cl2FN2O6. The molecule has 3 fully saturated rings. The molecule has 4 aromatic carbocycles. The Hall–Kier alpha value is -4.99. The number of rotatable bonds is 7. The number of carbonyl (C=O) groups excluding carboxylic acids is 4. The van der Waals surface area contributed by atoms with Gasteiger partial charge >= 0.3 is 0 Å². The van der Waals surface area contributed by atoms with Gasteiger partial charge in [0.1, 0.15) is 23.9 Å². The van der Waals surface area contributed by atoms with Gasteiger partial charge in [0.05, 0.1) is 23.2 Å². The molecule has 6 atom stereocenters. The summed E-state index contributed by atoms with van der Waals surface area (Å²) in [6.07, 6.45) is 2.54. The Morgan fingerprint density at radius 1 is 0.808 bits per heavy atom. The average Bonchev–Trinajstić information content (AvgIpc) is 3.49. The Kier molecular flexibility index (Phi) is 8.27. The summed E-state index contributed by atoms with van der Waals surface area (Å²) in [4.78, 5) is 55.2. The van der Waals surface area contributed by atoms with Crippen molar-refractivity contribution in [2.75, 3.05) is 9.80 Å². The second-order valence-electron chi connectivity index (χ2n) is 13.8. The maximum Gasteiger partial charge on any atom is 0.258 e. The van der Waals surface area contributed by atoms with Crippen LogP contribution in [0, 0.1) is 23.6 Å². The third-order valence-corrected chi connectivity index (χ3v) is 12.5. The van der Waals surface area contributed by atoms with E-state index >= 15 is 0 Å². The highest BCUT2D eigenvalue weighted by molar-refractivity contribution is 6.58. The van der Waals surface area contributed by atoms with E-state index in [1.165, 1.54) is 23.1 Å². The lowest BCUT2D eigenvalue weighted by molar-refractivity contribution is -0.125. The number of halogens is 3. The Bertz CT molecular complexity index is 2160. The molecule has 0 unspecified atom stereocenters. The Morgan fingerprint density at radius 2 is 1.48 bits per heavy atom. The number of hydrogen-bond acceptors (Lipinski definition) is 6. The van der Waals surface area contributed by atoms with E-state index in [1.807, 2.05) is 55.5 Å². The first kappa shape index (κ1) is 34.1. The lowest BCUT2D eigenvalue weighted by atomic mass is 9.56. The van der Waals surface area contributed by atoms with Crippen molar-refractivity contribution in [1.29, 1.82) is 0 Å². The minimum Gasteiger partial charge on any atom is -0.508 e. The first-order valence-corrected chi connectivity index (χ1v) is 17.9. The summed E-state index contributed by atoms with van der Waals surface area (Å²) >= 11 is 14.9. The summed E-state index contributed by atoms with van der Waals surface area (Å²) in [7, 11) is 0. The standard InChI is InChI=1S/C41H33Cl2FN2O6/c1-2-23-8-12-26(13-9-23)45-36(48)31-19-18-29-32(34(31)37(45)49)21-40(42)38(50)46(27-14-10-25(44)11-15-27)39(51)41(40,43)35(29)30-17-16-28(20-33(30)47)52-22-24-6-4-3-5-7-24/h3-18,20,31-32,34-35,47H,2,19,21-22H2,1H3/t31-,32+,34-,35+,40+,41-/m0/s1. The molecule has 4 aliphatic rings. The normalized spacial score (nSPS) is 28.0. The number of aryl methyl sites for hydroxylation is 1. The van der Waals surface area contributed by atoms with E-state index in [0.29, 0.717) is 17.0 Å². The molecule has 8 nitrogen and oxygen atoms in total. The molecule has 2 heterocycles. The van der Waals surface area contributed by atoms with Crippen LogP contribution in [-0.4, -0.2) is 38.5 Å². The Labute approximate surface area is 309 Å². The molecular weight excluding hydrogens is 706 g/mol. The van der Waals surface area contributed by atoms with Gasteiger partial charge in [0.15, 0.2) is 9.75 Å². The molecule has 2 saturated heterocycles. The van der Waals surface area contributed by atoms with Crippen LogP contribution in [0.3, 0.4) is 0 Å².